The highest BCUT2D eigenvalue weighted by Gasteiger charge is 2.34. The summed E-state index contributed by atoms with van der Waals surface area (Å²) in [6.45, 7) is -0.149. The number of methoxy groups -OCH3 is 1. The molecular weight excluding hydrogens is 422 g/mol. The molecule has 3 aromatic rings. The van der Waals surface area contributed by atoms with Gasteiger partial charge in [0, 0.05) is 47.1 Å². The zero-order valence-electron chi connectivity index (χ0n) is 21.2. The Morgan fingerprint density at radius 3 is 2.85 bits per heavy atom. The molecule has 1 aliphatic carbocycles. The number of nitriles is 1. The van der Waals surface area contributed by atoms with Crippen LogP contribution >= 0.6 is 0 Å². The van der Waals surface area contributed by atoms with Gasteiger partial charge in [0.2, 0.25) is 5.91 Å². The molecule has 4 rings (SSSR count). The Balaban J connectivity index is 1.70. The Hall–Kier alpha value is -4.13. The fourth-order valence-electron chi connectivity index (χ4n) is 3.88. The second kappa shape index (κ2) is 9.16. The number of carbonyl (C=O) groups excluding carboxylic acids is 2. The van der Waals surface area contributed by atoms with Crippen molar-refractivity contribution in [1.82, 2.24) is 20.1 Å². The number of hydrogen-bond donors (Lipinski definition) is 3. The van der Waals surface area contributed by atoms with Gasteiger partial charge >= 0.3 is 0 Å². The van der Waals surface area contributed by atoms with Crippen molar-refractivity contribution < 1.29 is 18.4 Å². The minimum absolute atomic E-state index is 0.0385. The van der Waals surface area contributed by atoms with Crippen molar-refractivity contribution in [3.63, 3.8) is 0 Å². The van der Waals surface area contributed by atoms with Crippen molar-refractivity contribution in [3.05, 3.63) is 36.2 Å². The lowest BCUT2D eigenvalue weighted by atomic mass is 9.75. The molecule has 2 heterocycles. The van der Waals surface area contributed by atoms with Gasteiger partial charge in [0.25, 0.3) is 5.91 Å². The Bertz CT molecular complexity index is 1360. The van der Waals surface area contributed by atoms with Crippen molar-refractivity contribution in [2.24, 2.45) is 11.8 Å². The second-order valence-corrected chi connectivity index (χ2v) is 7.72. The maximum Gasteiger partial charge on any atom is 0.254 e. The first kappa shape index (κ1) is 18.4. The number of anilines is 3. The van der Waals surface area contributed by atoms with E-state index in [-0.39, 0.29) is 34.8 Å². The average molecular weight is 451 g/mol. The normalized spacial score (nSPS) is 18.8. The number of fused-ring (bicyclic) bond motifs is 1. The van der Waals surface area contributed by atoms with Gasteiger partial charge in [-0.2, -0.15) is 10.4 Å². The molecule has 33 heavy (non-hydrogen) atoms. The predicted octanol–water partition coefficient (Wildman–Crippen LogP) is 3.05. The third kappa shape index (κ3) is 4.17. The van der Waals surface area contributed by atoms with E-state index < -0.39 is 12.9 Å². The van der Waals surface area contributed by atoms with Gasteiger partial charge in [0.15, 0.2) is 5.75 Å². The van der Waals surface area contributed by atoms with Gasteiger partial charge in [-0.3, -0.25) is 14.3 Å². The van der Waals surface area contributed by atoms with Crippen molar-refractivity contribution in [2.45, 2.75) is 26.3 Å². The third-order valence-corrected chi connectivity index (χ3v) is 5.73. The molecule has 1 aliphatic rings. The number of benzene rings is 1. The summed E-state index contributed by atoms with van der Waals surface area (Å²) < 4.78 is 29.6. The molecule has 0 atom stereocenters. The number of aromatic nitrogens is 3. The van der Waals surface area contributed by atoms with Gasteiger partial charge in [-0.25, -0.2) is 4.98 Å². The highest BCUT2D eigenvalue weighted by molar-refractivity contribution is 6.02. The summed E-state index contributed by atoms with van der Waals surface area (Å²) in [6, 6.07) is 7.19. The molecule has 0 spiro atoms. The number of rotatable bonds is 7. The quantitative estimate of drug-likeness (QED) is 0.504. The number of amides is 2. The van der Waals surface area contributed by atoms with Crippen molar-refractivity contribution >= 4 is 39.9 Å². The summed E-state index contributed by atoms with van der Waals surface area (Å²) in [6.07, 6.45) is 3.88. The zero-order chi connectivity index (χ0) is 26.0. The van der Waals surface area contributed by atoms with Gasteiger partial charge in [-0.1, -0.05) is 0 Å². The first-order valence-electron chi connectivity index (χ1n) is 12.0. The van der Waals surface area contributed by atoms with Gasteiger partial charge in [-0.15, -0.1) is 0 Å². The molecule has 1 fully saturated rings. The number of aryl methyl sites for hydroxylation is 1. The van der Waals surface area contributed by atoms with E-state index in [2.05, 4.69) is 26.8 Å². The molecular formula is C23H25N7O3. The van der Waals surface area contributed by atoms with Crippen LogP contribution in [0, 0.1) is 23.2 Å². The van der Waals surface area contributed by atoms with Crippen molar-refractivity contribution in [1.29, 1.82) is 5.26 Å². The smallest absolute Gasteiger partial charge is 0.254 e. The molecule has 170 valence electrons. The Morgan fingerprint density at radius 2 is 2.15 bits per heavy atom. The summed E-state index contributed by atoms with van der Waals surface area (Å²) in [7, 11) is 1.51. The number of hydrogen-bond acceptors (Lipinski definition) is 7. The Labute approximate surface area is 195 Å². The molecule has 0 aliphatic heterocycles. The number of nitrogens with zero attached hydrogens (tertiary/aromatic N) is 4. The highest BCUT2D eigenvalue weighted by Crippen LogP contribution is 2.37. The van der Waals surface area contributed by atoms with E-state index in [0.717, 1.165) is 10.9 Å². The minimum atomic E-state index is -2.70. The van der Waals surface area contributed by atoms with Crippen LogP contribution < -0.4 is 20.7 Å². The number of pyridine rings is 1. The van der Waals surface area contributed by atoms with Crippen LogP contribution in [0.4, 0.5) is 17.2 Å². The summed E-state index contributed by atoms with van der Waals surface area (Å²) in [5.41, 5.74) is 1.43. The first-order chi connectivity index (χ1) is 17.1. The molecule has 2 amide bonds. The summed E-state index contributed by atoms with van der Waals surface area (Å²) in [5, 5.41) is 22.0. The van der Waals surface area contributed by atoms with E-state index in [1.165, 1.54) is 19.4 Å². The molecule has 1 saturated carbocycles. The fraction of sp³-hybridized carbons (Fsp3) is 0.348. The molecule has 2 aromatic heterocycles. The molecule has 10 heteroatoms. The predicted molar refractivity (Wildman–Crippen MR) is 123 cm³/mol. The van der Waals surface area contributed by atoms with Crippen LogP contribution in [0.15, 0.2) is 30.6 Å². The van der Waals surface area contributed by atoms with Crippen LogP contribution in [0.3, 0.4) is 0 Å². The second-order valence-electron chi connectivity index (χ2n) is 7.72. The van der Waals surface area contributed by atoms with E-state index in [1.54, 1.807) is 16.9 Å². The van der Waals surface area contributed by atoms with Crippen molar-refractivity contribution in [2.75, 3.05) is 24.7 Å². The summed E-state index contributed by atoms with van der Waals surface area (Å²) >= 11 is 0. The molecule has 3 N–H and O–H groups in total. The molecule has 0 bridgehead atoms. The van der Waals surface area contributed by atoms with Crippen LogP contribution in [0.25, 0.3) is 10.9 Å². The molecule has 10 nitrogen and oxygen atoms in total. The topological polar surface area (TPSA) is 134 Å². The number of ether oxygens (including phenoxy) is 1. The van der Waals surface area contributed by atoms with Crippen LogP contribution in [-0.4, -0.2) is 40.7 Å². The van der Waals surface area contributed by atoms with Gasteiger partial charge < -0.3 is 20.7 Å². The van der Waals surface area contributed by atoms with Gasteiger partial charge in [-0.05, 0) is 31.9 Å². The van der Waals surface area contributed by atoms with Crippen LogP contribution in [-0.2, 0) is 11.3 Å². The van der Waals surface area contributed by atoms with Crippen LogP contribution in [0.1, 0.15) is 34.2 Å². The van der Waals surface area contributed by atoms with Crippen molar-refractivity contribution in [3.8, 4) is 11.8 Å². The van der Waals surface area contributed by atoms with Crippen LogP contribution in [0.5, 0.6) is 5.75 Å². The SMILES string of the molecule is [2H]C([2H])([2H])NC(=O)c1cnc(NC(=O)[C@H]2C[C@H](C#N)C2)cc1Nc1ccc2cnn(CC)c2c1OC. The standard InChI is InChI=1S/C23H25N7O3/c1-4-30-20-14(11-27-30)5-6-17(21(20)33-3)28-18-9-19(26-12-16(18)23(32)25-2)29-22(31)15-7-13(8-15)10-24/h5-6,9,11-13,15H,4,7-8H2,1-3H3,(H,25,32)(H2,26,28,29,31)/t13-,15-/i2D3. The number of carbonyl (C=O) groups is 2. The molecule has 1 aromatic carbocycles. The number of nitrogens with one attached hydrogen (secondary N) is 3. The monoisotopic (exact) mass is 450 g/mol. The average Bonchev–Trinajstić information content (AvgIpc) is 3.20. The maximum absolute atomic E-state index is 12.7. The van der Waals surface area contributed by atoms with E-state index in [4.69, 9.17) is 14.1 Å². The molecule has 0 unspecified atom stereocenters. The minimum Gasteiger partial charge on any atom is -0.492 e. The largest absolute Gasteiger partial charge is 0.492 e. The zero-order valence-corrected chi connectivity index (χ0v) is 18.2. The first-order valence-corrected chi connectivity index (χ1v) is 10.5. The van der Waals surface area contributed by atoms with E-state index >= 15 is 0 Å². The summed E-state index contributed by atoms with van der Waals surface area (Å²) in [4.78, 5) is 29.4. The van der Waals surface area contributed by atoms with Gasteiger partial charge in [0.1, 0.15) is 11.3 Å². The lowest BCUT2D eigenvalue weighted by Crippen LogP contribution is -2.34. The van der Waals surface area contributed by atoms with E-state index in [9.17, 15) is 9.59 Å². The maximum atomic E-state index is 12.7. The Kier molecular flexibility index (Phi) is 5.12. The van der Waals surface area contributed by atoms with E-state index in [1.807, 2.05) is 18.3 Å². The Morgan fingerprint density at radius 1 is 1.33 bits per heavy atom. The molecule has 0 saturated heterocycles. The summed E-state index contributed by atoms with van der Waals surface area (Å²) in [5.74, 6) is -0.901. The van der Waals surface area contributed by atoms with E-state index in [0.29, 0.717) is 30.8 Å². The third-order valence-electron chi connectivity index (χ3n) is 5.73. The fourth-order valence-corrected chi connectivity index (χ4v) is 3.88. The lowest BCUT2D eigenvalue weighted by molar-refractivity contribution is -0.123. The van der Waals surface area contributed by atoms with Crippen LogP contribution in [0.2, 0.25) is 0 Å². The highest BCUT2D eigenvalue weighted by atomic mass is 16.5. The molecule has 0 radical (unpaired) electrons. The van der Waals surface area contributed by atoms with Gasteiger partial charge in [0.05, 0.1) is 36.3 Å². The lowest BCUT2D eigenvalue weighted by Gasteiger charge is -2.29.